The quantitative estimate of drug-likeness (QED) is 0.185. The Morgan fingerprint density at radius 1 is 0.925 bits per heavy atom. The van der Waals surface area contributed by atoms with Gasteiger partial charge in [-0.05, 0) is 42.0 Å². The lowest BCUT2D eigenvalue weighted by Crippen LogP contribution is -2.47. The van der Waals surface area contributed by atoms with Crippen LogP contribution in [0.4, 0.5) is 4.79 Å². The van der Waals surface area contributed by atoms with Gasteiger partial charge in [0.2, 0.25) is 10.0 Å². The largest absolute Gasteiger partial charge is 0.494 e. The Balaban J connectivity index is 1.76. The lowest BCUT2D eigenvalue weighted by Gasteiger charge is -2.32. The summed E-state index contributed by atoms with van der Waals surface area (Å²) in [4.78, 5) is 24.8. The number of rotatable bonds is 16. The molecule has 0 aromatic heterocycles. The van der Waals surface area contributed by atoms with Gasteiger partial charge in [0.05, 0.1) is 11.9 Å². The maximum Gasteiger partial charge on any atom is 0.407 e. The number of hydrogen-bond acceptors (Lipinski definition) is 6. The Kier molecular flexibility index (Phi) is 12.2. The van der Waals surface area contributed by atoms with Crippen LogP contribution in [0, 0.1) is 5.92 Å². The third-order valence-electron chi connectivity index (χ3n) is 6.28. The van der Waals surface area contributed by atoms with Crippen LogP contribution in [0.3, 0.4) is 0 Å². The minimum absolute atomic E-state index is 0.0246. The van der Waals surface area contributed by atoms with Gasteiger partial charge < -0.3 is 19.6 Å². The number of nitrogens with one attached hydrogen (secondary N) is 1. The number of aldehydes is 1. The van der Waals surface area contributed by atoms with Crippen molar-refractivity contribution in [2.75, 3.05) is 19.7 Å². The summed E-state index contributed by atoms with van der Waals surface area (Å²) < 4.78 is 40.6. The second-order valence-corrected chi connectivity index (χ2v) is 12.0. The molecule has 3 aromatic carbocycles. The highest BCUT2D eigenvalue weighted by molar-refractivity contribution is 7.89. The Morgan fingerprint density at radius 3 is 2.12 bits per heavy atom. The SMILES string of the molecule is CC(C)CC(CNC(=O)OCc1ccccc1)S(=O)(=O)N(CCCOc1ccccc1)C(C=O)c1ccccc1. The molecule has 2 atom stereocenters. The number of benzene rings is 3. The molecule has 1 N–H and O–H groups in total. The second kappa shape index (κ2) is 15.8. The van der Waals surface area contributed by atoms with Crippen LogP contribution in [0.15, 0.2) is 91.0 Å². The zero-order chi connectivity index (χ0) is 28.8. The molecule has 0 spiro atoms. The summed E-state index contributed by atoms with van der Waals surface area (Å²) in [5.74, 6) is 0.708. The summed E-state index contributed by atoms with van der Waals surface area (Å²) in [5.41, 5.74) is 1.40. The zero-order valence-electron chi connectivity index (χ0n) is 23.0. The molecule has 9 heteroatoms. The molecule has 1 amide bonds. The molecule has 40 heavy (non-hydrogen) atoms. The monoisotopic (exact) mass is 566 g/mol. The van der Waals surface area contributed by atoms with Crippen LogP contribution in [0.2, 0.25) is 0 Å². The molecule has 3 rings (SSSR count). The first-order valence-corrected chi connectivity index (χ1v) is 14.9. The fraction of sp³-hybridized carbons (Fsp3) is 0.355. The molecule has 0 bridgehead atoms. The Labute approximate surface area is 237 Å². The maximum atomic E-state index is 14.1. The fourth-order valence-corrected chi connectivity index (χ4v) is 6.49. The van der Waals surface area contributed by atoms with Crippen molar-refractivity contribution in [1.82, 2.24) is 9.62 Å². The summed E-state index contributed by atoms with van der Waals surface area (Å²) >= 11 is 0. The van der Waals surface area contributed by atoms with Crippen molar-refractivity contribution in [2.24, 2.45) is 5.92 Å². The number of para-hydroxylation sites is 1. The van der Waals surface area contributed by atoms with E-state index < -0.39 is 27.4 Å². The summed E-state index contributed by atoms with van der Waals surface area (Å²) in [6, 6.07) is 26.3. The van der Waals surface area contributed by atoms with Crippen LogP contribution in [0.5, 0.6) is 5.75 Å². The van der Waals surface area contributed by atoms with E-state index in [0.29, 0.717) is 30.4 Å². The van der Waals surface area contributed by atoms with Crippen LogP contribution >= 0.6 is 0 Å². The molecule has 0 radical (unpaired) electrons. The Morgan fingerprint density at radius 2 is 1.52 bits per heavy atom. The highest BCUT2D eigenvalue weighted by atomic mass is 32.2. The van der Waals surface area contributed by atoms with E-state index >= 15 is 0 Å². The number of sulfonamides is 1. The van der Waals surface area contributed by atoms with E-state index in [1.807, 2.05) is 80.6 Å². The van der Waals surface area contributed by atoms with Crippen molar-refractivity contribution < 1.29 is 27.5 Å². The second-order valence-electron chi connectivity index (χ2n) is 9.86. The predicted molar refractivity (Wildman–Crippen MR) is 155 cm³/mol. The molecular weight excluding hydrogens is 528 g/mol. The van der Waals surface area contributed by atoms with Crippen molar-refractivity contribution in [3.8, 4) is 5.75 Å². The molecule has 2 unspecified atom stereocenters. The number of amides is 1. The first-order chi connectivity index (χ1) is 19.3. The topological polar surface area (TPSA) is 102 Å². The van der Waals surface area contributed by atoms with E-state index in [4.69, 9.17) is 9.47 Å². The summed E-state index contributed by atoms with van der Waals surface area (Å²) in [6.45, 7) is 4.11. The average molecular weight is 567 g/mol. The number of carbonyl (C=O) groups is 2. The number of ether oxygens (including phenoxy) is 2. The van der Waals surface area contributed by atoms with Crippen molar-refractivity contribution in [3.05, 3.63) is 102 Å². The van der Waals surface area contributed by atoms with Gasteiger partial charge in [-0.1, -0.05) is 92.7 Å². The molecule has 0 heterocycles. The van der Waals surface area contributed by atoms with Crippen LogP contribution in [-0.4, -0.2) is 50.0 Å². The lowest BCUT2D eigenvalue weighted by atomic mass is 10.1. The average Bonchev–Trinajstić information content (AvgIpc) is 2.97. The van der Waals surface area contributed by atoms with Crippen LogP contribution in [0.25, 0.3) is 0 Å². The zero-order valence-corrected chi connectivity index (χ0v) is 23.8. The smallest absolute Gasteiger partial charge is 0.407 e. The highest BCUT2D eigenvalue weighted by Gasteiger charge is 2.37. The minimum atomic E-state index is -4.05. The Hall–Kier alpha value is -3.69. The first kappa shape index (κ1) is 30.8. The minimum Gasteiger partial charge on any atom is -0.494 e. The van der Waals surface area contributed by atoms with Crippen molar-refractivity contribution in [3.63, 3.8) is 0 Å². The summed E-state index contributed by atoms with van der Waals surface area (Å²) in [5, 5.41) is 1.66. The van der Waals surface area contributed by atoms with Gasteiger partial charge in [-0.3, -0.25) is 0 Å². The first-order valence-electron chi connectivity index (χ1n) is 13.4. The normalized spacial score (nSPS) is 13.0. The molecule has 0 aliphatic heterocycles. The van der Waals surface area contributed by atoms with Crippen molar-refractivity contribution in [1.29, 1.82) is 0 Å². The van der Waals surface area contributed by atoms with Gasteiger partial charge in [0.15, 0.2) is 0 Å². The molecule has 0 saturated heterocycles. The van der Waals surface area contributed by atoms with Crippen molar-refractivity contribution in [2.45, 2.75) is 44.6 Å². The number of hydrogen-bond donors (Lipinski definition) is 1. The Bertz CT molecular complexity index is 1270. The third kappa shape index (κ3) is 9.50. The maximum absolute atomic E-state index is 14.1. The van der Waals surface area contributed by atoms with Crippen LogP contribution < -0.4 is 10.1 Å². The van der Waals surface area contributed by atoms with E-state index in [-0.39, 0.29) is 32.2 Å². The van der Waals surface area contributed by atoms with Gasteiger partial charge in [-0.2, -0.15) is 4.31 Å². The summed E-state index contributed by atoms with van der Waals surface area (Å²) in [7, 11) is -4.05. The van der Waals surface area contributed by atoms with Crippen molar-refractivity contribution >= 4 is 22.4 Å². The number of carbonyl (C=O) groups excluding carboxylic acids is 2. The standard InChI is InChI=1S/C31H38N2O6S/c1-25(2)21-29(22-32-31(35)39-24-26-13-6-3-7-14-26)40(36,37)33(30(23-34)27-15-8-4-9-16-27)19-12-20-38-28-17-10-5-11-18-28/h3-11,13-18,23,25,29-30H,12,19-22,24H2,1-2H3,(H,32,35). The molecule has 0 aliphatic carbocycles. The summed E-state index contributed by atoms with van der Waals surface area (Å²) in [6.07, 6.45) is 0.606. The van der Waals surface area contributed by atoms with E-state index in [9.17, 15) is 18.0 Å². The van der Waals surface area contributed by atoms with Gasteiger partial charge in [0.1, 0.15) is 24.7 Å². The van der Waals surface area contributed by atoms with E-state index in [1.165, 1.54) is 4.31 Å². The highest BCUT2D eigenvalue weighted by Crippen LogP contribution is 2.27. The molecule has 214 valence electrons. The molecule has 8 nitrogen and oxygen atoms in total. The van der Waals surface area contributed by atoms with Gasteiger partial charge >= 0.3 is 6.09 Å². The van der Waals surface area contributed by atoms with E-state index in [1.54, 1.807) is 24.3 Å². The lowest BCUT2D eigenvalue weighted by molar-refractivity contribution is -0.111. The van der Waals surface area contributed by atoms with E-state index in [2.05, 4.69) is 5.32 Å². The van der Waals surface area contributed by atoms with E-state index in [0.717, 1.165) is 5.56 Å². The van der Waals surface area contributed by atoms with Gasteiger partial charge in [-0.15, -0.1) is 0 Å². The van der Waals surface area contributed by atoms with Crippen LogP contribution in [0.1, 0.15) is 43.9 Å². The molecule has 0 aliphatic rings. The van der Waals surface area contributed by atoms with Gasteiger partial charge in [0, 0.05) is 13.1 Å². The number of alkyl carbamates (subject to hydrolysis) is 1. The third-order valence-corrected chi connectivity index (χ3v) is 8.55. The fourth-order valence-electron chi connectivity index (χ4n) is 4.31. The molecular formula is C31H38N2O6S. The molecule has 0 saturated carbocycles. The van der Waals surface area contributed by atoms with Gasteiger partial charge in [-0.25, -0.2) is 13.2 Å². The van der Waals surface area contributed by atoms with Gasteiger partial charge in [0.25, 0.3) is 0 Å². The van der Waals surface area contributed by atoms with Crippen LogP contribution in [-0.2, 0) is 26.2 Å². The predicted octanol–water partition coefficient (Wildman–Crippen LogP) is 5.37. The number of nitrogens with zero attached hydrogens (tertiary/aromatic N) is 1. The molecule has 3 aromatic rings. The molecule has 0 fully saturated rings.